The van der Waals surface area contributed by atoms with Crippen LogP contribution in [0.3, 0.4) is 0 Å². The third-order valence-electron chi connectivity index (χ3n) is 2.64. The van der Waals surface area contributed by atoms with E-state index in [-0.39, 0.29) is 12.4 Å². The van der Waals surface area contributed by atoms with Crippen molar-refractivity contribution in [3.8, 4) is 5.75 Å². The molecule has 0 bridgehead atoms. The van der Waals surface area contributed by atoms with Gasteiger partial charge in [-0.3, -0.25) is 4.79 Å². The summed E-state index contributed by atoms with van der Waals surface area (Å²) in [6.45, 7) is 4.61. The molecule has 1 aromatic carbocycles. The van der Waals surface area contributed by atoms with Crippen molar-refractivity contribution in [2.24, 2.45) is 5.73 Å². The molecule has 0 radical (unpaired) electrons. The molecule has 0 heterocycles. The minimum Gasteiger partial charge on any atom is -0.491 e. The second kappa shape index (κ2) is 6.34. The van der Waals surface area contributed by atoms with Gasteiger partial charge in [-0.05, 0) is 32.9 Å². The van der Waals surface area contributed by atoms with Crippen LogP contribution in [0.4, 0.5) is 13.2 Å². The summed E-state index contributed by atoms with van der Waals surface area (Å²) in [5, 5.41) is 2.58. The summed E-state index contributed by atoms with van der Waals surface area (Å²) in [4.78, 5) is 11.6. The van der Waals surface area contributed by atoms with Crippen LogP contribution in [-0.2, 0) is 11.0 Å². The molecular formula is C14H19F3N2O2. The molecule has 1 aromatic rings. The molecule has 1 amide bonds. The van der Waals surface area contributed by atoms with Gasteiger partial charge in [0.15, 0.2) is 0 Å². The quantitative estimate of drug-likeness (QED) is 0.877. The second-order valence-electron chi connectivity index (χ2n) is 5.40. The smallest absolute Gasteiger partial charge is 0.419 e. The van der Waals surface area contributed by atoms with Crippen molar-refractivity contribution < 1.29 is 22.7 Å². The van der Waals surface area contributed by atoms with E-state index in [9.17, 15) is 18.0 Å². The molecule has 0 saturated carbocycles. The Labute approximate surface area is 121 Å². The SMILES string of the molecule is CC(COc1ccccc1C(F)(F)F)NC(=O)C(C)(C)N. The molecule has 21 heavy (non-hydrogen) atoms. The number of nitrogens with one attached hydrogen (secondary N) is 1. The number of hydrogen-bond acceptors (Lipinski definition) is 3. The Morgan fingerprint density at radius 1 is 1.33 bits per heavy atom. The number of carbonyl (C=O) groups excluding carboxylic acids is 1. The lowest BCUT2D eigenvalue weighted by atomic mass is 10.1. The predicted molar refractivity (Wildman–Crippen MR) is 72.8 cm³/mol. The minimum atomic E-state index is -4.48. The molecule has 0 spiro atoms. The fourth-order valence-electron chi connectivity index (χ4n) is 1.49. The number of rotatable bonds is 5. The van der Waals surface area contributed by atoms with Gasteiger partial charge in [-0.25, -0.2) is 0 Å². The fourth-order valence-corrected chi connectivity index (χ4v) is 1.49. The van der Waals surface area contributed by atoms with Gasteiger partial charge in [-0.15, -0.1) is 0 Å². The van der Waals surface area contributed by atoms with E-state index < -0.39 is 29.2 Å². The van der Waals surface area contributed by atoms with E-state index in [0.29, 0.717) is 0 Å². The van der Waals surface area contributed by atoms with E-state index in [1.165, 1.54) is 32.0 Å². The molecule has 1 unspecified atom stereocenters. The minimum absolute atomic E-state index is 0.0884. The van der Waals surface area contributed by atoms with Crippen molar-refractivity contribution in [1.29, 1.82) is 0 Å². The maximum absolute atomic E-state index is 12.8. The van der Waals surface area contributed by atoms with Crippen LogP contribution in [0.5, 0.6) is 5.75 Å². The van der Waals surface area contributed by atoms with Gasteiger partial charge < -0.3 is 15.8 Å². The monoisotopic (exact) mass is 304 g/mol. The molecule has 0 fully saturated rings. The maximum Gasteiger partial charge on any atom is 0.419 e. The summed E-state index contributed by atoms with van der Waals surface area (Å²) in [6.07, 6.45) is -4.48. The summed E-state index contributed by atoms with van der Waals surface area (Å²) in [5.74, 6) is -0.666. The molecule has 0 aliphatic carbocycles. The van der Waals surface area contributed by atoms with Crippen LogP contribution in [0.25, 0.3) is 0 Å². The van der Waals surface area contributed by atoms with E-state index >= 15 is 0 Å². The average Bonchev–Trinajstić information content (AvgIpc) is 2.34. The van der Waals surface area contributed by atoms with Gasteiger partial charge in [-0.2, -0.15) is 13.2 Å². The number of para-hydroxylation sites is 1. The first-order valence-corrected chi connectivity index (χ1v) is 6.40. The molecular weight excluding hydrogens is 285 g/mol. The molecule has 0 aromatic heterocycles. The first kappa shape index (κ1) is 17.3. The molecule has 0 saturated heterocycles. The van der Waals surface area contributed by atoms with Gasteiger partial charge >= 0.3 is 6.18 Å². The van der Waals surface area contributed by atoms with Crippen molar-refractivity contribution in [3.63, 3.8) is 0 Å². The third kappa shape index (κ3) is 5.26. The highest BCUT2D eigenvalue weighted by molar-refractivity contribution is 5.85. The lowest BCUT2D eigenvalue weighted by Crippen LogP contribution is -2.52. The molecule has 118 valence electrons. The van der Waals surface area contributed by atoms with Gasteiger partial charge in [0, 0.05) is 0 Å². The van der Waals surface area contributed by atoms with Crippen LogP contribution >= 0.6 is 0 Å². The summed E-state index contributed by atoms with van der Waals surface area (Å²) in [5.41, 5.74) is 3.71. The zero-order valence-electron chi connectivity index (χ0n) is 12.1. The lowest BCUT2D eigenvalue weighted by molar-refractivity contribution is -0.139. The summed E-state index contributed by atoms with van der Waals surface area (Å²) in [6, 6.07) is 4.46. The van der Waals surface area contributed by atoms with Gasteiger partial charge in [0.05, 0.1) is 17.1 Å². The fraction of sp³-hybridized carbons (Fsp3) is 0.500. The molecule has 4 nitrogen and oxygen atoms in total. The number of amides is 1. The molecule has 3 N–H and O–H groups in total. The van der Waals surface area contributed by atoms with E-state index in [1.807, 2.05) is 0 Å². The van der Waals surface area contributed by atoms with Crippen LogP contribution in [-0.4, -0.2) is 24.1 Å². The Hall–Kier alpha value is -1.76. The van der Waals surface area contributed by atoms with Crippen LogP contribution in [0, 0.1) is 0 Å². The normalized spacial score (nSPS) is 13.7. The molecule has 1 rings (SSSR count). The van der Waals surface area contributed by atoms with Crippen molar-refractivity contribution in [2.45, 2.75) is 38.5 Å². The highest BCUT2D eigenvalue weighted by Gasteiger charge is 2.34. The lowest BCUT2D eigenvalue weighted by Gasteiger charge is -2.22. The molecule has 0 aliphatic heterocycles. The summed E-state index contributed by atoms with van der Waals surface area (Å²) in [7, 11) is 0. The predicted octanol–water partition coefficient (Wildman–Crippen LogP) is 2.33. The highest BCUT2D eigenvalue weighted by atomic mass is 19.4. The van der Waals surface area contributed by atoms with Crippen LogP contribution in [0.1, 0.15) is 26.3 Å². The Bertz CT molecular complexity index is 496. The summed E-state index contributed by atoms with van der Waals surface area (Å²) < 4.78 is 43.5. The largest absolute Gasteiger partial charge is 0.491 e. The maximum atomic E-state index is 12.8. The topological polar surface area (TPSA) is 64.3 Å². The molecule has 7 heteroatoms. The first-order chi connectivity index (χ1) is 9.51. The van der Waals surface area contributed by atoms with Crippen molar-refractivity contribution >= 4 is 5.91 Å². The van der Waals surface area contributed by atoms with Gasteiger partial charge in [0.2, 0.25) is 5.91 Å². The number of ether oxygens (including phenoxy) is 1. The van der Waals surface area contributed by atoms with Crippen LogP contribution in [0.2, 0.25) is 0 Å². The van der Waals surface area contributed by atoms with Crippen molar-refractivity contribution in [2.75, 3.05) is 6.61 Å². The number of halogens is 3. The number of hydrogen-bond donors (Lipinski definition) is 2. The molecule has 1 atom stereocenters. The third-order valence-corrected chi connectivity index (χ3v) is 2.64. The Balaban J connectivity index is 2.66. The van der Waals surface area contributed by atoms with Gasteiger partial charge in [0.25, 0.3) is 0 Å². The highest BCUT2D eigenvalue weighted by Crippen LogP contribution is 2.35. The van der Waals surface area contributed by atoms with E-state index in [2.05, 4.69) is 5.32 Å². The zero-order chi connectivity index (χ0) is 16.3. The average molecular weight is 304 g/mol. The van der Waals surface area contributed by atoms with Gasteiger partial charge in [0.1, 0.15) is 12.4 Å². The van der Waals surface area contributed by atoms with E-state index in [1.54, 1.807) is 6.92 Å². The van der Waals surface area contributed by atoms with Crippen LogP contribution in [0.15, 0.2) is 24.3 Å². The number of nitrogens with two attached hydrogens (primary N) is 1. The summed E-state index contributed by atoms with van der Waals surface area (Å²) >= 11 is 0. The Kier molecular flexibility index (Phi) is 5.22. The van der Waals surface area contributed by atoms with Crippen LogP contribution < -0.4 is 15.8 Å². The second-order valence-corrected chi connectivity index (χ2v) is 5.40. The van der Waals surface area contributed by atoms with Crippen molar-refractivity contribution in [3.05, 3.63) is 29.8 Å². The van der Waals surface area contributed by atoms with Gasteiger partial charge in [-0.1, -0.05) is 12.1 Å². The van der Waals surface area contributed by atoms with E-state index in [0.717, 1.165) is 6.07 Å². The number of carbonyl (C=O) groups is 1. The first-order valence-electron chi connectivity index (χ1n) is 6.40. The van der Waals surface area contributed by atoms with E-state index in [4.69, 9.17) is 10.5 Å². The Morgan fingerprint density at radius 2 is 1.90 bits per heavy atom. The number of alkyl halides is 3. The standard InChI is InChI=1S/C14H19F3N2O2/c1-9(19-12(20)13(2,3)18)8-21-11-7-5-4-6-10(11)14(15,16)17/h4-7,9H,8,18H2,1-3H3,(H,19,20). The molecule has 0 aliphatic rings. The van der Waals surface area contributed by atoms with Crippen molar-refractivity contribution in [1.82, 2.24) is 5.32 Å². The Morgan fingerprint density at radius 3 is 2.43 bits per heavy atom. The number of benzene rings is 1. The zero-order valence-corrected chi connectivity index (χ0v) is 12.1.